The van der Waals surface area contributed by atoms with Gasteiger partial charge in [-0.25, -0.2) is 19.6 Å². The fourth-order valence-electron chi connectivity index (χ4n) is 2.23. The molecule has 0 saturated carbocycles. The van der Waals surface area contributed by atoms with Gasteiger partial charge < -0.3 is 0 Å². The molecule has 4 aromatic rings. The molecule has 0 unspecified atom stereocenters. The Morgan fingerprint density at radius 1 is 0.783 bits per heavy atom. The molecule has 0 spiro atoms. The van der Waals surface area contributed by atoms with E-state index in [0.717, 1.165) is 11.3 Å². The standard InChI is InChI=1S/C17H12N6/c1-5-15(17-19-9-3-10-20-17)21-16(6-1)23-11-7-14(22-23)13-4-2-8-18-12-13/h1-12H. The van der Waals surface area contributed by atoms with Crippen molar-refractivity contribution in [2.24, 2.45) is 0 Å². The van der Waals surface area contributed by atoms with Crippen LogP contribution in [0, 0.1) is 0 Å². The van der Waals surface area contributed by atoms with Crippen LogP contribution in [0.2, 0.25) is 0 Å². The molecule has 4 heterocycles. The molecule has 0 aliphatic rings. The second-order valence-electron chi connectivity index (χ2n) is 4.84. The zero-order chi connectivity index (χ0) is 15.5. The fraction of sp³-hybridized carbons (Fsp3) is 0. The average molecular weight is 300 g/mol. The molecule has 110 valence electrons. The normalized spacial score (nSPS) is 10.6. The Kier molecular flexibility index (Phi) is 3.32. The van der Waals surface area contributed by atoms with Crippen LogP contribution in [-0.2, 0) is 0 Å². The summed E-state index contributed by atoms with van der Waals surface area (Å²) in [6.45, 7) is 0. The average Bonchev–Trinajstić information content (AvgIpc) is 3.14. The molecular formula is C17H12N6. The molecule has 0 aromatic carbocycles. The van der Waals surface area contributed by atoms with E-state index in [0.29, 0.717) is 17.3 Å². The van der Waals surface area contributed by atoms with E-state index < -0.39 is 0 Å². The number of hydrogen-bond donors (Lipinski definition) is 0. The van der Waals surface area contributed by atoms with E-state index in [9.17, 15) is 0 Å². The second kappa shape index (κ2) is 5.76. The van der Waals surface area contributed by atoms with Crippen molar-refractivity contribution in [2.75, 3.05) is 0 Å². The molecule has 0 amide bonds. The third kappa shape index (κ3) is 2.69. The molecule has 0 radical (unpaired) electrons. The first-order valence-electron chi connectivity index (χ1n) is 7.11. The van der Waals surface area contributed by atoms with E-state index in [2.05, 4.69) is 25.0 Å². The lowest BCUT2D eigenvalue weighted by atomic mass is 10.2. The third-order valence-corrected chi connectivity index (χ3v) is 3.31. The van der Waals surface area contributed by atoms with Gasteiger partial charge in [0.25, 0.3) is 0 Å². The molecular weight excluding hydrogens is 288 g/mol. The summed E-state index contributed by atoms with van der Waals surface area (Å²) in [7, 11) is 0. The Morgan fingerprint density at radius 3 is 2.52 bits per heavy atom. The minimum atomic E-state index is 0.592. The van der Waals surface area contributed by atoms with Crippen molar-refractivity contribution in [3.63, 3.8) is 0 Å². The van der Waals surface area contributed by atoms with Gasteiger partial charge in [0.15, 0.2) is 11.6 Å². The van der Waals surface area contributed by atoms with Crippen LogP contribution in [0.4, 0.5) is 0 Å². The Hall–Kier alpha value is -3.41. The van der Waals surface area contributed by atoms with Crippen LogP contribution in [0.15, 0.2) is 73.4 Å². The van der Waals surface area contributed by atoms with Crippen LogP contribution in [0.3, 0.4) is 0 Å². The summed E-state index contributed by atoms with van der Waals surface area (Å²) in [5.41, 5.74) is 2.52. The minimum Gasteiger partial charge on any atom is -0.264 e. The van der Waals surface area contributed by atoms with Crippen LogP contribution in [0.25, 0.3) is 28.6 Å². The predicted octanol–water partition coefficient (Wildman–Crippen LogP) is 2.79. The summed E-state index contributed by atoms with van der Waals surface area (Å²) in [5, 5.41) is 4.56. The lowest BCUT2D eigenvalue weighted by molar-refractivity contribution is 0.850. The molecule has 23 heavy (non-hydrogen) atoms. The van der Waals surface area contributed by atoms with E-state index in [-0.39, 0.29) is 0 Å². The van der Waals surface area contributed by atoms with Gasteiger partial charge >= 0.3 is 0 Å². The van der Waals surface area contributed by atoms with Gasteiger partial charge in [-0.15, -0.1) is 0 Å². The molecule has 0 saturated heterocycles. The van der Waals surface area contributed by atoms with Gasteiger partial charge in [-0.3, -0.25) is 4.98 Å². The monoisotopic (exact) mass is 300 g/mol. The van der Waals surface area contributed by atoms with Crippen LogP contribution >= 0.6 is 0 Å². The van der Waals surface area contributed by atoms with Crippen molar-refractivity contribution in [1.29, 1.82) is 0 Å². The SMILES string of the molecule is c1cnc(-c2cccc(-n3ccc(-c4cccnc4)n3)n2)nc1. The molecule has 4 aromatic heterocycles. The Bertz CT molecular complexity index is 918. The summed E-state index contributed by atoms with van der Waals surface area (Å²) in [4.78, 5) is 17.1. The van der Waals surface area contributed by atoms with E-state index in [1.807, 2.05) is 42.6 Å². The zero-order valence-electron chi connectivity index (χ0n) is 12.1. The van der Waals surface area contributed by atoms with Crippen molar-refractivity contribution in [3.8, 4) is 28.6 Å². The van der Waals surface area contributed by atoms with Gasteiger partial charge in [0, 0.05) is 36.5 Å². The van der Waals surface area contributed by atoms with E-state index in [1.165, 1.54) is 0 Å². The second-order valence-corrected chi connectivity index (χ2v) is 4.84. The number of hydrogen-bond acceptors (Lipinski definition) is 5. The molecule has 0 N–H and O–H groups in total. The Morgan fingerprint density at radius 2 is 1.70 bits per heavy atom. The predicted molar refractivity (Wildman–Crippen MR) is 85.6 cm³/mol. The van der Waals surface area contributed by atoms with Crippen LogP contribution in [-0.4, -0.2) is 29.7 Å². The maximum atomic E-state index is 4.58. The quantitative estimate of drug-likeness (QED) is 0.582. The molecule has 0 aliphatic carbocycles. The maximum absolute atomic E-state index is 4.58. The van der Waals surface area contributed by atoms with Crippen LogP contribution in [0.5, 0.6) is 0 Å². The van der Waals surface area contributed by atoms with E-state index >= 15 is 0 Å². The molecule has 6 heteroatoms. The number of rotatable bonds is 3. The van der Waals surface area contributed by atoms with Crippen molar-refractivity contribution in [2.45, 2.75) is 0 Å². The largest absolute Gasteiger partial charge is 0.264 e. The van der Waals surface area contributed by atoms with E-state index in [4.69, 9.17) is 0 Å². The molecule has 0 fully saturated rings. The summed E-state index contributed by atoms with van der Waals surface area (Å²) in [6, 6.07) is 13.3. The lowest BCUT2D eigenvalue weighted by Crippen LogP contribution is -2.00. The number of pyridine rings is 2. The highest BCUT2D eigenvalue weighted by Gasteiger charge is 2.07. The lowest BCUT2D eigenvalue weighted by Gasteiger charge is -2.03. The molecule has 6 nitrogen and oxygen atoms in total. The Balaban J connectivity index is 1.71. The summed E-state index contributed by atoms with van der Waals surface area (Å²) >= 11 is 0. The fourth-order valence-corrected chi connectivity index (χ4v) is 2.23. The van der Waals surface area contributed by atoms with Crippen LogP contribution < -0.4 is 0 Å². The summed E-state index contributed by atoms with van der Waals surface area (Å²) < 4.78 is 1.73. The molecule has 0 bridgehead atoms. The molecule has 0 atom stereocenters. The molecule has 4 rings (SSSR count). The first kappa shape index (κ1) is 13.3. The highest BCUT2D eigenvalue weighted by atomic mass is 15.3. The highest BCUT2D eigenvalue weighted by Crippen LogP contribution is 2.18. The number of aromatic nitrogens is 6. The van der Waals surface area contributed by atoms with Gasteiger partial charge in [0.2, 0.25) is 0 Å². The van der Waals surface area contributed by atoms with Crippen molar-refractivity contribution >= 4 is 0 Å². The third-order valence-electron chi connectivity index (χ3n) is 3.31. The van der Waals surface area contributed by atoms with Crippen molar-refractivity contribution in [3.05, 3.63) is 73.4 Å². The van der Waals surface area contributed by atoms with Gasteiger partial charge in [-0.05, 0) is 36.4 Å². The maximum Gasteiger partial charge on any atom is 0.178 e. The smallest absolute Gasteiger partial charge is 0.178 e. The Labute approximate surface area is 132 Å². The highest BCUT2D eigenvalue weighted by molar-refractivity contribution is 5.57. The molecule has 0 aliphatic heterocycles. The van der Waals surface area contributed by atoms with Gasteiger partial charge in [0.1, 0.15) is 5.69 Å². The van der Waals surface area contributed by atoms with Crippen molar-refractivity contribution < 1.29 is 0 Å². The van der Waals surface area contributed by atoms with Gasteiger partial charge in [-0.2, -0.15) is 5.10 Å². The van der Waals surface area contributed by atoms with E-state index in [1.54, 1.807) is 35.5 Å². The minimum absolute atomic E-state index is 0.592. The van der Waals surface area contributed by atoms with Gasteiger partial charge in [-0.1, -0.05) is 6.07 Å². The van der Waals surface area contributed by atoms with Gasteiger partial charge in [0.05, 0.1) is 5.69 Å². The van der Waals surface area contributed by atoms with Crippen LogP contribution in [0.1, 0.15) is 0 Å². The first-order valence-corrected chi connectivity index (χ1v) is 7.11. The topological polar surface area (TPSA) is 69.4 Å². The number of nitrogens with zero attached hydrogens (tertiary/aromatic N) is 6. The van der Waals surface area contributed by atoms with Crippen molar-refractivity contribution in [1.82, 2.24) is 29.7 Å². The summed E-state index contributed by atoms with van der Waals surface area (Å²) in [6.07, 6.45) is 8.80. The zero-order valence-corrected chi connectivity index (χ0v) is 12.1. The first-order chi connectivity index (χ1) is 11.4. The summed E-state index contributed by atoms with van der Waals surface area (Å²) in [5.74, 6) is 1.30.